The van der Waals surface area contributed by atoms with Gasteiger partial charge in [-0.1, -0.05) is 24.3 Å². The van der Waals surface area contributed by atoms with Crippen LogP contribution in [0.25, 0.3) is 43.6 Å². The molecule has 0 aliphatic rings. The number of carbonyl (C=O) groups excluding carboxylic acids is 2. The molecular weight excluding hydrogens is 540 g/mol. The number of rotatable bonds is 4. The number of amides is 2. The Balaban J connectivity index is 0.00000337. The molecule has 0 fully saturated rings. The standard InChI is InChI=1S/C32H24N4O4.ClH/c1-35-25-9-5-3-7-21(25)31(39)23-17-19(11-13-27(23)35)33-29(37)15-16-30(38)34-20-12-14-28-24(18-20)32(40)22-8-4-6-10-26(22)36(28)2;/h3-18H,1-2H3,(H,33,37)(H,34,38);1H. The Morgan fingerprint density at radius 2 is 0.927 bits per heavy atom. The summed E-state index contributed by atoms with van der Waals surface area (Å²) >= 11 is 0. The van der Waals surface area contributed by atoms with Gasteiger partial charge in [0.05, 0.1) is 22.1 Å². The molecule has 0 aliphatic heterocycles. The fourth-order valence-electron chi connectivity index (χ4n) is 5.16. The number of hydrogen-bond donors (Lipinski definition) is 2. The minimum atomic E-state index is -0.522. The Labute approximate surface area is 239 Å². The Hall–Kier alpha value is -5.21. The van der Waals surface area contributed by atoms with E-state index in [2.05, 4.69) is 10.6 Å². The van der Waals surface area contributed by atoms with Crippen LogP contribution in [0.3, 0.4) is 0 Å². The van der Waals surface area contributed by atoms with Gasteiger partial charge in [0.15, 0.2) is 10.9 Å². The number of anilines is 2. The number of carbonyl (C=O) groups is 2. The van der Waals surface area contributed by atoms with Crippen molar-refractivity contribution in [3.63, 3.8) is 0 Å². The van der Waals surface area contributed by atoms with Crippen molar-refractivity contribution in [1.82, 2.24) is 9.13 Å². The Bertz CT molecular complexity index is 2020. The molecule has 8 nitrogen and oxygen atoms in total. The van der Waals surface area contributed by atoms with E-state index >= 15 is 0 Å². The highest BCUT2D eigenvalue weighted by molar-refractivity contribution is 6.08. The van der Waals surface area contributed by atoms with E-state index in [0.29, 0.717) is 32.9 Å². The first-order chi connectivity index (χ1) is 19.3. The first-order valence-electron chi connectivity index (χ1n) is 12.6. The molecule has 0 unspecified atom stereocenters. The van der Waals surface area contributed by atoms with Gasteiger partial charge < -0.3 is 19.8 Å². The molecule has 6 rings (SSSR count). The second kappa shape index (κ2) is 10.7. The highest BCUT2D eigenvalue weighted by Gasteiger charge is 2.11. The Morgan fingerprint density at radius 3 is 1.34 bits per heavy atom. The van der Waals surface area contributed by atoms with Crippen molar-refractivity contribution < 1.29 is 9.59 Å². The normalized spacial score (nSPS) is 11.3. The minimum absolute atomic E-state index is 0. The Kier molecular flexibility index (Phi) is 7.17. The van der Waals surface area contributed by atoms with Crippen molar-refractivity contribution >= 4 is 79.2 Å². The molecule has 2 N–H and O–H groups in total. The van der Waals surface area contributed by atoms with E-state index in [4.69, 9.17) is 0 Å². The lowest BCUT2D eigenvalue weighted by molar-refractivity contribution is -0.114. The fourth-order valence-corrected chi connectivity index (χ4v) is 5.16. The summed E-state index contributed by atoms with van der Waals surface area (Å²) < 4.78 is 3.87. The smallest absolute Gasteiger partial charge is 0.248 e. The highest BCUT2D eigenvalue weighted by Crippen LogP contribution is 2.22. The van der Waals surface area contributed by atoms with Crippen LogP contribution in [0.2, 0.25) is 0 Å². The number of nitrogens with zero attached hydrogens (tertiary/aromatic N) is 2. The maximum absolute atomic E-state index is 13.0. The topological polar surface area (TPSA) is 102 Å². The zero-order valence-corrected chi connectivity index (χ0v) is 23.0. The molecule has 0 saturated heterocycles. The predicted octanol–water partition coefficient (Wildman–Crippen LogP) is 5.25. The van der Waals surface area contributed by atoms with Crippen LogP contribution in [-0.4, -0.2) is 20.9 Å². The van der Waals surface area contributed by atoms with E-state index in [9.17, 15) is 19.2 Å². The van der Waals surface area contributed by atoms with Gasteiger partial charge in [-0.15, -0.1) is 12.4 Å². The van der Waals surface area contributed by atoms with Gasteiger partial charge in [0.2, 0.25) is 11.8 Å². The molecule has 204 valence electrons. The summed E-state index contributed by atoms with van der Waals surface area (Å²) in [5.74, 6) is -1.04. The van der Waals surface area contributed by atoms with Crippen LogP contribution in [-0.2, 0) is 23.7 Å². The van der Waals surface area contributed by atoms with E-state index in [-0.39, 0.29) is 23.3 Å². The predicted molar refractivity (Wildman–Crippen MR) is 167 cm³/mol. The summed E-state index contributed by atoms with van der Waals surface area (Å²) in [7, 11) is 3.78. The van der Waals surface area contributed by atoms with E-state index < -0.39 is 11.8 Å². The van der Waals surface area contributed by atoms with Crippen molar-refractivity contribution in [3.05, 3.63) is 118 Å². The van der Waals surface area contributed by atoms with Crippen molar-refractivity contribution in [2.24, 2.45) is 14.1 Å². The maximum atomic E-state index is 13.0. The molecule has 41 heavy (non-hydrogen) atoms. The van der Waals surface area contributed by atoms with Crippen molar-refractivity contribution in [2.75, 3.05) is 10.6 Å². The third-order valence-electron chi connectivity index (χ3n) is 7.15. The maximum Gasteiger partial charge on any atom is 0.248 e. The van der Waals surface area contributed by atoms with Gasteiger partial charge in [0, 0.05) is 59.2 Å². The number of nitrogens with one attached hydrogen (secondary N) is 2. The van der Waals surface area contributed by atoms with Gasteiger partial charge in [-0.25, -0.2) is 0 Å². The third kappa shape index (κ3) is 4.85. The van der Waals surface area contributed by atoms with Gasteiger partial charge in [-0.3, -0.25) is 19.2 Å². The second-order valence-electron chi connectivity index (χ2n) is 9.59. The van der Waals surface area contributed by atoms with Crippen LogP contribution in [0.5, 0.6) is 0 Å². The van der Waals surface area contributed by atoms with Crippen LogP contribution >= 0.6 is 12.4 Å². The molecule has 4 aromatic carbocycles. The van der Waals surface area contributed by atoms with E-state index in [0.717, 1.165) is 34.2 Å². The van der Waals surface area contributed by atoms with Crippen molar-refractivity contribution in [1.29, 1.82) is 0 Å². The molecule has 0 radical (unpaired) electrons. The van der Waals surface area contributed by atoms with Gasteiger partial charge >= 0.3 is 0 Å². The highest BCUT2D eigenvalue weighted by atomic mass is 35.5. The number of hydrogen-bond acceptors (Lipinski definition) is 4. The molecular formula is C32H25ClN4O4. The van der Waals surface area contributed by atoms with Crippen molar-refractivity contribution in [3.8, 4) is 0 Å². The summed E-state index contributed by atoms with van der Waals surface area (Å²) in [6.07, 6.45) is 2.23. The van der Waals surface area contributed by atoms with Crippen LogP contribution in [0, 0.1) is 0 Å². The summed E-state index contributed by atoms with van der Waals surface area (Å²) in [4.78, 5) is 51.2. The van der Waals surface area contributed by atoms with Gasteiger partial charge in [-0.2, -0.15) is 0 Å². The third-order valence-corrected chi connectivity index (χ3v) is 7.15. The zero-order valence-electron chi connectivity index (χ0n) is 22.2. The first-order valence-corrected chi connectivity index (χ1v) is 12.6. The number of aromatic nitrogens is 2. The lowest BCUT2D eigenvalue weighted by atomic mass is 10.1. The monoisotopic (exact) mass is 564 g/mol. The van der Waals surface area contributed by atoms with Crippen LogP contribution in [0.4, 0.5) is 11.4 Å². The molecule has 2 amide bonds. The van der Waals surface area contributed by atoms with Gasteiger partial charge in [-0.05, 0) is 60.7 Å². The Morgan fingerprint density at radius 1 is 0.561 bits per heavy atom. The number of para-hydroxylation sites is 2. The lowest BCUT2D eigenvalue weighted by Gasteiger charge is -2.12. The molecule has 0 saturated carbocycles. The van der Waals surface area contributed by atoms with Crippen molar-refractivity contribution in [2.45, 2.75) is 0 Å². The van der Waals surface area contributed by atoms with Crippen LogP contribution in [0.15, 0.2) is 107 Å². The number of fused-ring (bicyclic) bond motifs is 4. The summed E-state index contributed by atoms with van der Waals surface area (Å²) in [6.45, 7) is 0. The van der Waals surface area contributed by atoms with Crippen LogP contribution < -0.4 is 21.5 Å². The molecule has 6 aromatic rings. The van der Waals surface area contributed by atoms with Gasteiger partial charge in [0.25, 0.3) is 0 Å². The van der Waals surface area contributed by atoms with Gasteiger partial charge in [0.1, 0.15) is 0 Å². The largest absolute Gasteiger partial charge is 0.343 e. The summed E-state index contributed by atoms with van der Waals surface area (Å²) in [5, 5.41) is 7.56. The second-order valence-corrected chi connectivity index (χ2v) is 9.59. The van der Waals surface area contributed by atoms with E-state index in [1.165, 1.54) is 0 Å². The average Bonchev–Trinajstić information content (AvgIpc) is 2.97. The fraction of sp³-hybridized carbons (Fsp3) is 0.0625. The molecule has 0 aliphatic carbocycles. The summed E-state index contributed by atoms with van der Waals surface area (Å²) in [5.41, 5.74) is 3.78. The van der Waals surface area contributed by atoms with E-state index in [1.54, 1.807) is 48.5 Å². The molecule has 9 heteroatoms. The number of benzene rings is 4. The molecule has 0 bridgehead atoms. The molecule has 2 aromatic heterocycles. The van der Waals surface area contributed by atoms with E-state index in [1.807, 2.05) is 59.6 Å². The number of pyridine rings is 2. The quantitative estimate of drug-likeness (QED) is 0.225. The average molecular weight is 565 g/mol. The minimum Gasteiger partial charge on any atom is -0.343 e. The number of aryl methyl sites for hydroxylation is 2. The number of halogens is 1. The zero-order chi connectivity index (χ0) is 28.0. The molecule has 2 heterocycles. The first kappa shape index (κ1) is 27.4. The SMILES string of the molecule is Cl.Cn1c2ccccc2c(=O)c2cc(NC(=O)C=CC(=O)Nc3ccc4c(c3)c(=O)c3ccccc3n4C)ccc21. The molecule has 0 spiro atoms. The lowest BCUT2D eigenvalue weighted by Crippen LogP contribution is -2.14. The van der Waals surface area contributed by atoms with Crippen LogP contribution in [0.1, 0.15) is 0 Å². The summed E-state index contributed by atoms with van der Waals surface area (Å²) in [6, 6.07) is 25.0. The molecule has 0 atom stereocenters.